The van der Waals surface area contributed by atoms with Crippen LogP contribution in [0.15, 0.2) is 24.3 Å². The number of nitrogens with two attached hydrogens (primary N) is 1. The second kappa shape index (κ2) is 43.4. The van der Waals surface area contributed by atoms with Gasteiger partial charge in [-0.2, -0.15) is 0 Å². The van der Waals surface area contributed by atoms with Gasteiger partial charge >= 0.3 is 23.9 Å². The topological polar surface area (TPSA) is 529 Å². The monoisotopic (exact) mass is 1460 g/mol. The highest BCUT2D eigenvalue weighted by molar-refractivity contribution is 6.01. The number of aliphatic carboxylic acids is 4. The van der Waals surface area contributed by atoms with Gasteiger partial charge in [0, 0.05) is 44.8 Å². The van der Waals surface area contributed by atoms with Gasteiger partial charge in [0.2, 0.25) is 65.0 Å². The fourth-order valence-corrected chi connectivity index (χ4v) is 12.7. The Morgan fingerprint density at radius 3 is 1.67 bits per heavy atom. The van der Waals surface area contributed by atoms with Crippen LogP contribution >= 0.6 is 0 Å². The van der Waals surface area contributed by atoms with Gasteiger partial charge in [-0.15, -0.1) is 0 Å². The molecule has 11 amide bonds. The van der Waals surface area contributed by atoms with E-state index in [9.17, 15) is 102 Å². The number of carboxylic acid groups (broad SMARTS) is 4. The number of benzene rings is 1. The van der Waals surface area contributed by atoms with Crippen molar-refractivity contribution in [2.45, 2.75) is 237 Å². The normalized spacial score (nSPS) is 23.5. The Balaban J connectivity index is 1.77. The zero-order valence-electron chi connectivity index (χ0n) is 60.0. The average Bonchev–Trinajstić information content (AvgIpc) is 1.54. The van der Waals surface area contributed by atoms with Gasteiger partial charge in [-0.1, -0.05) is 96.4 Å². The first-order valence-corrected chi connectivity index (χ1v) is 35.6. The van der Waals surface area contributed by atoms with Gasteiger partial charge in [0.05, 0.1) is 75.2 Å². The summed E-state index contributed by atoms with van der Waals surface area (Å²) in [5, 5.41) is 61.0. The van der Waals surface area contributed by atoms with Gasteiger partial charge < -0.3 is 83.8 Å². The molecular weight excluding hydrogens is 1360 g/mol. The molecule has 4 rings (SSSR count). The van der Waals surface area contributed by atoms with Crippen molar-refractivity contribution >= 4 is 106 Å². The summed E-state index contributed by atoms with van der Waals surface area (Å²) in [5.41, 5.74) is 6.65. The minimum Gasteiger partial charge on any atom is -0.481 e. The van der Waals surface area contributed by atoms with Crippen LogP contribution in [0.25, 0.3) is 0 Å². The molecule has 3 heterocycles. The molecule has 1 aromatic rings. The molecule has 3 saturated heterocycles. The van der Waals surface area contributed by atoms with Gasteiger partial charge in [0.1, 0.15) is 42.0 Å². The molecule has 34 heteroatoms. The summed E-state index contributed by atoms with van der Waals surface area (Å²) in [5.74, 6) is -26.6. The van der Waals surface area contributed by atoms with E-state index < -0.39 is 230 Å². The fourth-order valence-electron chi connectivity index (χ4n) is 12.7. The molecule has 15 N–H and O–H groups in total. The highest BCUT2D eigenvalue weighted by atomic mass is 16.4. The number of carbonyl (C=O) groups excluding carboxylic acids is 14. The van der Waals surface area contributed by atoms with E-state index >= 15 is 4.79 Å². The van der Waals surface area contributed by atoms with Crippen LogP contribution in [0.1, 0.15) is 181 Å². The molecule has 0 spiro atoms. The minimum atomic E-state index is -2.06. The second-order valence-electron chi connectivity index (χ2n) is 27.4. The molecule has 12 unspecified atom stereocenters. The quantitative estimate of drug-likeness (QED) is 0.0420. The average molecular weight is 1470 g/mol. The van der Waals surface area contributed by atoms with Crippen LogP contribution in [0.3, 0.4) is 0 Å². The van der Waals surface area contributed by atoms with Crippen LogP contribution in [0.2, 0.25) is 0 Å². The molecule has 3 aliphatic heterocycles. The van der Waals surface area contributed by atoms with Crippen molar-refractivity contribution in [3.8, 4) is 0 Å². The molecule has 34 nitrogen and oxygen atoms in total. The maximum atomic E-state index is 15.5. The molecule has 0 aromatic heterocycles. The van der Waals surface area contributed by atoms with E-state index in [4.69, 9.17) is 5.73 Å². The summed E-state index contributed by atoms with van der Waals surface area (Å²) in [4.78, 5) is 248. The minimum absolute atomic E-state index is 0.0120. The number of piperidine rings is 1. The van der Waals surface area contributed by atoms with Crippen LogP contribution in [-0.2, 0) is 99.1 Å². The summed E-state index contributed by atoms with van der Waals surface area (Å²) >= 11 is 0. The lowest BCUT2D eigenvalue weighted by Gasteiger charge is -2.39. The van der Waals surface area contributed by atoms with Gasteiger partial charge in [-0.3, -0.25) is 86.3 Å². The Labute approximate surface area is 603 Å². The lowest BCUT2D eigenvalue weighted by atomic mass is 9.87. The van der Waals surface area contributed by atoms with Crippen LogP contribution in [-0.4, -0.2) is 224 Å². The molecule has 3 aliphatic rings. The molecule has 0 bridgehead atoms. The third kappa shape index (κ3) is 28.5. The van der Waals surface area contributed by atoms with Crippen molar-refractivity contribution in [1.82, 2.24) is 57.7 Å². The second-order valence-corrected chi connectivity index (χ2v) is 27.4. The number of hydrogen-bond donors (Lipinski definition) is 14. The van der Waals surface area contributed by atoms with Gasteiger partial charge in [-0.25, -0.2) is 0 Å². The Morgan fingerprint density at radius 2 is 1.10 bits per heavy atom. The number of carbonyl (C=O) groups is 18. The van der Waals surface area contributed by atoms with E-state index in [0.29, 0.717) is 17.5 Å². The highest BCUT2D eigenvalue weighted by Gasteiger charge is 2.45. The molecule has 576 valence electrons. The van der Waals surface area contributed by atoms with Crippen molar-refractivity contribution in [2.75, 3.05) is 32.7 Å². The standard InChI is InChI=1S/C70H104N12O22/c1-7-8-9-10-11-12-13-14-15-19-45(83)28-42-22-24-43(25-23-42)29-53(86)76-47(33-58(92)93)51(84)32-46-40(5)75-65(98)50-21-18-27-82(50)69(102)60(38(2)3)79-67(100)62(41(6)74-54(87)35-71)78-56(89)37-73-64(97)48(34-59(94)95)77-55(88)36-72-63(96)44(31-57(90)91)30-52(85)61(39(4)70(103)104)80-66(99)49-20-16-17-26-81(49)68(46)101/h22-25,38-41,44,46-50,60-62H,7-21,26-37,71H2,1-6H3,(H,72,96)(H,73,97)(H,74,87)(H,75,98)(H,76,86)(H,77,88)(H,78,89)(H,79,100)(H,80,99)(H,90,91)(H,92,93)(H,94,95)(H,103,104). The van der Waals surface area contributed by atoms with Crippen LogP contribution in [0.5, 0.6) is 0 Å². The summed E-state index contributed by atoms with van der Waals surface area (Å²) in [6.07, 6.45) is 5.27. The fraction of sp³-hybridized carbons (Fsp3) is 0.657. The zero-order valence-corrected chi connectivity index (χ0v) is 60.0. The van der Waals surface area contributed by atoms with Crippen molar-refractivity contribution < 1.29 is 107 Å². The number of ketones is 3. The summed E-state index contributed by atoms with van der Waals surface area (Å²) in [6, 6.07) is -8.23. The number of fused-ring (bicyclic) bond motifs is 2. The number of rotatable bonds is 30. The predicted molar refractivity (Wildman–Crippen MR) is 369 cm³/mol. The first-order chi connectivity index (χ1) is 49.1. The van der Waals surface area contributed by atoms with Crippen LogP contribution < -0.4 is 53.6 Å². The van der Waals surface area contributed by atoms with E-state index in [1.807, 2.05) is 0 Å². The van der Waals surface area contributed by atoms with Crippen molar-refractivity contribution in [2.24, 2.45) is 29.4 Å². The van der Waals surface area contributed by atoms with E-state index in [0.717, 1.165) is 42.4 Å². The third-order valence-corrected chi connectivity index (χ3v) is 18.6. The van der Waals surface area contributed by atoms with E-state index in [2.05, 4.69) is 54.8 Å². The maximum Gasteiger partial charge on any atom is 0.308 e. The van der Waals surface area contributed by atoms with Gasteiger partial charge in [0.15, 0.2) is 11.6 Å². The number of Topliss-reactive ketones (excluding diaryl/α,β-unsaturated/α-hetero) is 3. The van der Waals surface area contributed by atoms with Crippen molar-refractivity contribution in [3.05, 3.63) is 35.4 Å². The molecule has 104 heavy (non-hydrogen) atoms. The molecule has 0 radical (unpaired) electrons. The first-order valence-electron chi connectivity index (χ1n) is 35.6. The van der Waals surface area contributed by atoms with Crippen LogP contribution in [0.4, 0.5) is 0 Å². The maximum absolute atomic E-state index is 15.5. The lowest BCUT2D eigenvalue weighted by molar-refractivity contribution is -0.150. The SMILES string of the molecule is CCCCCCCCCCCC(=O)Cc1ccc(CC(=O)NC(CC(=O)O)C(=O)CC2C(=O)N3CCCCC3C(=O)NC(C(C)C(=O)O)C(=O)CC(CC(=O)O)C(=O)NCC(=O)NC(CC(=O)O)C(=O)NCC(=O)NC(C(C)NC(=O)CN)C(=O)NC(C(C)C)C(=O)N3CCCC3C(=O)NC2C)cc1. The summed E-state index contributed by atoms with van der Waals surface area (Å²) in [6.45, 7) is 5.81. The van der Waals surface area contributed by atoms with E-state index in [1.165, 1.54) is 59.8 Å². The Bertz CT molecular complexity index is 3270. The molecule has 12 atom stereocenters. The third-order valence-electron chi connectivity index (χ3n) is 18.6. The summed E-state index contributed by atoms with van der Waals surface area (Å²) in [7, 11) is 0. The number of unbranched alkanes of at least 4 members (excludes halogenated alkanes) is 8. The Hall–Kier alpha value is -9.76. The number of nitrogens with zero attached hydrogens (tertiary/aromatic N) is 2. The molecule has 1 aromatic carbocycles. The number of amides is 11. The zero-order chi connectivity index (χ0) is 77.5. The first kappa shape index (κ1) is 86.6. The Kier molecular flexibility index (Phi) is 36.1. The molecular formula is C70H104N12O22. The smallest absolute Gasteiger partial charge is 0.308 e. The van der Waals surface area contributed by atoms with E-state index in [-0.39, 0.29) is 63.8 Å². The lowest BCUT2D eigenvalue weighted by Crippen LogP contribution is -2.63. The number of hydrogen-bond acceptors (Lipinski definition) is 19. The largest absolute Gasteiger partial charge is 0.481 e. The van der Waals surface area contributed by atoms with E-state index in [1.54, 1.807) is 24.3 Å². The summed E-state index contributed by atoms with van der Waals surface area (Å²) < 4.78 is 0. The predicted octanol–water partition coefficient (Wildman–Crippen LogP) is -0.777. The molecule has 0 saturated carbocycles. The van der Waals surface area contributed by atoms with Crippen molar-refractivity contribution in [1.29, 1.82) is 0 Å². The number of carboxylic acids is 4. The van der Waals surface area contributed by atoms with Crippen molar-refractivity contribution in [3.63, 3.8) is 0 Å². The molecule has 0 aliphatic carbocycles. The number of nitrogens with one attached hydrogen (secondary N) is 9. The van der Waals surface area contributed by atoms with Gasteiger partial charge in [0.25, 0.3) is 0 Å². The highest BCUT2D eigenvalue weighted by Crippen LogP contribution is 2.27. The van der Waals surface area contributed by atoms with Crippen LogP contribution in [0, 0.1) is 23.7 Å². The Morgan fingerprint density at radius 1 is 0.558 bits per heavy atom. The molecule has 3 fully saturated rings. The van der Waals surface area contributed by atoms with Gasteiger partial charge in [-0.05, 0) is 76.3 Å².